The van der Waals surface area contributed by atoms with Gasteiger partial charge in [-0.25, -0.2) is 4.79 Å². The van der Waals surface area contributed by atoms with Crippen molar-refractivity contribution >= 4 is 23.5 Å². The Bertz CT molecular complexity index is 939. The van der Waals surface area contributed by atoms with Gasteiger partial charge in [0, 0.05) is 23.7 Å². The van der Waals surface area contributed by atoms with Crippen LogP contribution in [0.15, 0.2) is 60.7 Å². The number of halogens is 1. The smallest absolute Gasteiger partial charge is 0.356 e. The van der Waals surface area contributed by atoms with E-state index in [4.69, 9.17) is 16.3 Å². The highest BCUT2D eigenvalue weighted by atomic mass is 35.5. The summed E-state index contributed by atoms with van der Waals surface area (Å²) in [4.78, 5) is 26.2. The van der Waals surface area contributed by atoms with E-state index in [1.54, 1.807) is 35.2 Å². The largest absolute Gasteiger partial charge is 0.451 e. The van der Waals surface area contributed by atoms with Crippen LogP contribution in [-0.2, 0) is 16.1 Å². The first-order valence-corrected chi connectivity index (χ1v) is 9.24. The van der Waals surface area contributed by atoms with Crippen molar-refractivity contribution < 1.29 is 14.3 Å². The number of esters is 1. The quantitative estimate of drug-likeness (QED) is 0.613. The maximum atomic E-state index is 12.4. The molecule has 0 unspecified atom stereocenters. The Balaban J connectivity index is 1.57. The zero-order valence-electron chi connectivity index (χ0n) is 15.4. The minimum absolute atomic E-state index is 0.184. The number of likely N-dealkylation sites (N-methyl/N-ethyl adjacent to an activating group) is 1. The summed E-state index contributed by atoms with van der Waals surface area (Å²) >= 11 is 5.88. The van der Waals surface area contributed by atoms with Gasteiger partial charge in [-0.15, -0.1) is 0 Å². The molecule has 0 aliphatic carbocycles. The summed E-state index contributed by atoms with van der Waals surface area (Å²) in [5, 5.41) is 7.37. The predicted molar refractivity (Wildman–Crippen MR) is 107 cm³/mol. The van der Waals surface area contributed by atoms with Crippen molar-refractivity contribution in [1.29, 1.82) is 0 Å². The lowest BCUT2D eigenvalue weighted by molar-refractivity contribution is -0.134. The number of nitrogens with zero attached hydrogens (tertiary/aromatic N) is 2. The van der Waals surface area contributed by atoms with Gasteiger partial charge in [-0.05, 0) is 30.7 Å². The molecule has 28 heavy (non-hydrogen) atoms. The van der Waals surface area contributed by atoms with Crippen LogP contribution in [-0.4, -0.2) is 40.1 Å². The van der Waals surface area contributed by atoms with Gasteiger partial charge in [0.1, 0.15) is 5.69 Å². The van der Waals surface area contributed by atoms with Gasteiger partial charge in [0.05, 0.1) is 5.69 Å². The molecule has 0 saturated carbocycles. The first-order chi connectivity index (χ1) is 13.6. The van der Waals surface area contributed by atoms with E-state index in [1.807, 2.05) is 37.3 Å². The highest BCUT2D eigenvalue weighted by Crippen LogP contribution is 2.20. The summed E-state index contributed by atoms with van der Waals surface area (Å²) < 4.78 is 5.16. The number of carbonyl (C=O) groups is 2. The third-order valence-corrected chi connectivity index (χ3v) is 4.47. The molecule has 0 spiro atoms. The molecule has 0 bridgehead atoms. The van der Waals surface area contributed by atoms with Crippen LogP contribution in [0, 0.1) is 0 Å². The molecule has 0 fully saturated rings. The number of hydrogen-bond donors (Lipinski definition) is 1. The second kappa shape index (κ2) is 9.19. The van der Waals surface area contributed by atoms with Gasteiger partial charge in [-0.3, -0.25) is 9.89 Å². The zero-order chi connectivity index (χ0) is 19.9. The number of aromatic nitrogens is 2. The molecule has 0 radical (unpaired) electrons. The molecular weight excluding hydrogens is 378 g/mol. The molecule has 0 atom stereocenters. The Morgan fingerprint density at radius 1 is 1.11 bits per heavy atom. The molecule has 3 rings (SSSR count). The molecular formula is C21H20ClN3O3. The molecule has 1 heterocycles. The second-order valence-corrected chi connectivity index (χ2v) is 6.58. The van der Waals surface area contributed by atoms with E-state index < -0.39 is 5.97 Å². The number of rotatable bonds is 7. The molecule has 2 aromatic carbocycles. The van der Waals surface area contributed by atoms with Crippen molar-refractivity contribution in [3.63, 3.8) is 0 Å². The van der Waals surface area contributed by atoms with Crippen LogP contribution in [0.4, 0.5) is 0 Å². The lowest BCUT2D eigenvalue weighted by Gasteiger charge is -2.20. The average Bonchev–Trinajstić information content (AvgIpc) is 3.21. The molecule has 7 heteroatoms. The van der Waals surface area contributed by atoms with Gasteiger partial charge in [0.25, 0.3) is 5.91 Å². The Morgan fingerprint density at radius 3 is 2.50 bits per heavy atom. The molecule has 1 aromatic heterocycles. The highest BCUT2D eigenvalue weighted by Gasteiger charge is 2.17. The van der Waals surface area contributed by atoms with Crippen molar-refractivity contribution in [2.45, 2.75) is 13.5 Å². The topological polar surface area (TPSA) is 75.3 Å². The van der Waals surface area contributed by atoms with Crippen molar-refractivity contribution in [3.8, 4) is 11.3 Å². The number of ether oxygens (including phenoxy) is 1. The SMILES string of the molecule is CCN(Cc1ccccc1)C(=O)COC(=O)c1cc(-c2ccc(Cl)cc2)n[nH]1. The van der Waals surface area contributed by atoms with Crippen molar-refractivity contribution in [2.75, 3.05) is 13.2 Å². The number of H-pyrrole nitrogens is 1. The minimum Gasteiger partial charge on any atom is -0.451 e. The van der Waals surface area contributed by atoms with Crippen molar-refractivity contribution in [2.24, 2.45) is 0 Å². The number of carbonyl (C=O) groups excluding carboxylic acids is 2. The molecule has 3 aromatic rings. The monoisotopic (exact) mass is 397 g/mol. The molecule has 0 aliphatic rings. The molecule has 0 saturated heterocycles. The summed E-state index contributed by atoms with van der Waals surface area (Å²) in [6.45, 7) is 2.55. The lowest BCUT2D eigenvalue weighted by atomic mass is 10.1. The Hall–Kier alpha value is -3.12. The van der Waals surface area contributed by atoms with E-state index >= 15 is 0 Å². The third-order valence-electron chi connectivity index (χ3n) is 4.22. The Morgan fingerprint density at radius 2 is 1.82 bits per heavy atom. The standard InChI is InChI=1S/C21H20ClN3O3/c1-2-25(13-15-6-4-3-5-7-15)20(26)14-28-21(27)19-12-18(23-24-19)16-8-10-17(22)11-9-16/h3-12H,2,13-14H2,1H3,(H,23,24). The van der Waals surface area contributed by atoms with E-state index in [0.717, 1.165) is 11.1 Å². The third kappa shape index (κ3) is 4.98. The number of hydrogen-bond acceptors (Lipinski definition) is 4. The fraction of sp³-hybridized carbons (Fsp3) is 0.190. The van der Waals surface area contributed by atoms with Crippen LogP contribution in [0.3, 0.4) is 0 Å². The second-order valence-electron chi connectivity index (χ2n) is 6.14. The molecule has 1 amide bonds. The number of benzene rings is 2. The van der Waals surface area contributed by atoms with Crippen LogP contribution in [0.1, 0.15) is 23.0 Å². The number of amides is 1. The van der Waals surface area contributed by atoms with E-state index in [0.29, 0.717) is 23.8 Å². The minimum atomic E-state index is -0.628. The maximum absolute atomic E-state index is 12.4. The van der Waals surface area contributed by atoms with E-state index in [2.05, 4.69) is 10.2 Å². The van der Waals surface area contributed by atoms with E-state index in [9.17, 15) is 9.59 Å². The highest BCUT2D eigenvalue weighted by molar-refractivity contribution is 6.30. The Kier molecular flexibility index (Phi) is 6.45. The number of aromatic amines is 1. The van der Waals surface area contributed by atoms with Gasteiger partial charge >= 0.3 is 5.97 Å². The van der Waals surface area contributed by atoms with E-state index in [1.165, 1.54) is 0 Å². The summed E-state index contributed by atoms with van der Waals surface area (Å²) in [5.41, 5.74) is 2.61. The fourth-order valence-electron chi connectivity index (χ4n) is 2.67. The lowest BCUT2D eigenvalue weighted by Crippen LogP contribution is -2.34. The average molecular weight is 398 g/mol. The summed E-state index contributed by atoms with van der Waals surface area (Å²) in [7, 11) is 0. The first kappa shape index (κ1) is 19.6. The summed E-state index contributed by atoms with van der Waals surface area (Å²) in [6, 6.07) is 18.3. The fourth-order valence-corrected chi connectivity index (χ4v) is 2.80. The maximum Gasteiger partial charge on any atom is 0.356 e. The molecule has 1 N–H and O–H groups in total. The van der Waals surface area contributed by atoms with Gasteiger partial charge in [-0.1, -0.05) is 54.1 Å². The van der Waals surface area contributed by atoms with Crippen LogP contribution < -0.4 is 0 Å². The summed E-state index contributed by atoms with van der Waals surface area (Å²) in [5.74, 6) is -0.881. The first-order valence-electron chi connectivity index (χ1n) is 8.87. The van der Waals surface area contributed by atoms with Gasteiger partial charge in [0.2, 0.25) is 0 Å². The number of nitrogens with one attached hydrogen (secondary N) is 1. The van der Waals surface area contributed by atoms with Crippen LogP contribution in [0.25, 0.3) is 11.3 Å². The van der Waals surface area contributed by atoms with Crippen LogP contribution in [0.2, 0.25) is 5.02 Å². The summed E-state index contributed by atoms with van der Waals surface area (Å²) in [6.07, 6.45) is 0. The predicted octanol–water partition coefficient (Wildman–Crippen LogP) is 3.94. The van der Waals surface area contributed by atoms with E-state index in [-0.39, 0.29) is 18.2 Å². The van der Waals surface area contributed by atoms with Crippen molar-refractivity contribution in [3.05, 3.63) is 76.9 Å². The molecule has 6 nitrogen and oxygen atoms in total. The molecule has 0 aliphatic heterocycles. The normalized spacial score (nSPS) is 10.5. The van der Waals surface area contributed by atoms with Crippen LogP contribution in [0.5, 0.6) is 0 Å². The zero-order valence-corrected chi connectivity index (χ0v) is 16.1. The van der Waals surface area contributed by atoms with Crippen LogP contribution >= 0.6 is 11.6 Å². The van der Waals surface area contributed by atoms with Gasteiger partial charge in [-0.2, -0.15) is 5.10 Å². The van der Waals surface area contributed by atoms with Crippen molar-refractivity contribution in [1.82, 2.24) is 15.1 Å². The van der Waals surface area contributed by atoms with Gasteiger partial charge in [0.15, 0.2) is 6.61 Å². The van der Waals surface area contributed by atoms with Gasteiger partial charge < -0.3 is 9.64 Å². The Labute approximate surface area is 168 Å². The molecule has 144 valence electrons.